The van der Waals surface area contributed by atoms with Crippen LogP contribution in [-0.2, 0) is 6.54 Å². The lowest BCUT2D eigenvalue weighted by Gasteiger charge is -2.05. The maximum absolute atomic E-state index is 12.1. The molecule has 0 aliphatic rings. The van der Waals surface area contributed by atoms with Crippen molar-refractivity contribution in [2.75, 3.05) is 0 Å². The zero-order chi connectivity index (χ0) is 17.1. The first kappa shape index (κ1) is 16.9. The minimum atomic E-state index is -0.252. The Morgan fingerprint density at radius 3 is 2.38 bits per heavy atom. The molecule has 0 unspecified atom stereocenters. The molecule has 1 amide bonds. The van der Waals surface area contributed by atoms with Crippen molar-refractivity contribution in [3.05, 3.63) is 81.0 Å². The van der Waals surface area contributed by atoms with Gasteiger partial charge in [-0.25, -0.2) is 0 Å². The Hall–Kier alpha value is -1.94. The highest BCUT2D eigenvalue weighted by Gasteiger charge is 2.10. The topological polar surface area (TPSA) is 42.2 Å². The zero-order valence-corrected chi connectivity index (χ0v) is 14.6. The molecule has 0 radical (unpaired) electrons. The van der Waals surface area contributed by atoms with Crippen molar-refractivity contribution in [1.29, 1.82) is 0 Å². The van der Waals surface area contributed by atoms with Gasteiger partial charge in [0.1, 0.15) is 11.5 Å². The monoisotopic (exact) mass is 379 g/mol. The number of nitrogens with one attached hydrogen (secondary N) is 1. The van der Waals surface area contributed by atoms with Gasteiger partial charge in [0.05, 0.1) is 16.6 Å². The summed E-state index contributed by atoms with van der Waals surface area (Å²) in [6.07, 6.45) is 0. The summed E-state index contributed by atoms with van der Waals surface area (Å²) in [4.78, 5) is 12.1. The quantitative estimate of drug-likeness (QED) is 0.618. The van der Waals surface area contributed by atoms with Crippen LogP contribution in [0.2, 0.25) is 15.1 Å². The molecule has 3 aromatic rings. The molecule has 6 heteroatoms. The van der Waals surface area contributed by atoms with Gasteiger partial charge in [0.15, 0.2) is 0 Å². The SMILES string of the molecule is O=C(NCc1ccc(-c2ccc(Cl)cc2)o1)c1ccc(Cl)c(Cl)c1. The second-order valence-electron chi connectivity index (χ2n) is 5.08. The van der Waals surface area contributed by atoms with Crippen LogP contribution in [0.5, 0.6) is 0 Å². The summed E-state index contributed by atoms with van der Waals surface area (Å²) < 4.78 is 5.73. The van der Waals surface area contributed by atoms with Crippen LogP contribution < -0.4 is 5.32 Å². The highest BCUT2D eigenvalue weighted by molar-refractivity contribution is 6.42. The molecule has 0 aliphatic carbocycles. The Morgan fingerprint density at radius 1 is 0.917 bits per heavy atom. The molecule has 1 heterocycles. The third kappa shape index (κ3) is 3.93. The molecule has 0 fully saturated rings. The van der Waals surface area contributed by atoms with Gasteiger partial charge in [-0.15, -0.1) is 0 Å². The summed E-state index contributed by atoms with van der Waals surface area (Å²) in [5, 5.41) is 4.20. The van der Waals surface area contributed by atoms with Crippen molar-refractivity contribution in [3.8, 4) is 11.3 Å². The first-order chi connectivity index (χ1) is 11.5. The van der Waals surface area contributed by atoms with E-state index in [0.29, 0.717) is 32.2 Å². The molecular weight excluding hydrogens is 369 g/mol. The van der Waals surface area contributed by atoms with Crippen LogP contribution in [0.1, 0.15) is 16.1 Å². The summed E-state index contributed by atoms with van der Waals surface area (Å²) in [6, 6.07) is 15.7. The highest BCUT2D eigenvalue weighted by Crippen LogP contribution is 2.24. The Balaban J connectivity index is 1.65. The number of rotatable bonds is 4. The molecule has 1 aromatic heterocycles. The predicted molar refractivity (Wildman–Crippen MR) is 96.8 cm³/mol. The summed E-state index contributed by atoms with van der Waals surface area (Å²) in [6.45, 7) is 0.271. The second kappa shape index (κ2) is 7.31. The molecule has 24 heavy (non-hydrogen) atoms. The van der Waals surface area contributed by atoms with E-state index in [1.165, 1.54) is 6.07 Å². The van der Waals surface area contributed by atoms with Crippen molar-refractivity contribution >= 4 is 40.7 Å². The first-order valence-electron chi connectivity index (χ1n) is 7.11. The largest absolute Gasteiger partial charge is 0.459 e. The van der Waals surface area contributed by atoms with Gasteiger partial charge >= 0.3 is 0 Å². The summed E-state index contributed by atoms with van der Waals surface area (Å²) in [7, 11) is 0. The second-order valence-corrected chi connectivity index (χ2v) is 6.34. The Bertz CT molecular complexity index is 872. The molecule has 1 N–H and O–H groups in total. The molecule has 0 aliphatic heterocycles. The molecular formula is C18H12Cl3NO2. The number of halogens is 3. The van der Waals surface area contributed by atoms with E-state index in [1.54, 1.807) is 24.3 Å². The number of furan rings is 1. The van der Waals surface area contributed by atoms with E-state index in [9.17, 15) is 4.79 Å². The molecule has 3 rings (SSSR count). The zero-order valence-electron chi connectivity index (χ0n) is 12.4. The number of carbonyl (C=O) groups is 1. The van der Waals surface area contributed by atoms with Gasteiger partial charge in [0.25, 0.3) is 5.91 Å². The number of hydrogen-bond donors (Lipinski definition) is 1. The third-order valence-corrected chi connectivity index (χ3v) is 4.39. The molecule has 0 saturated heterocycles. The van der Waals surface area contributed by atoms with Crippen LogP contribution in [0.15, 0.2) is 59.0 Å². The smallest absolute Gasteiger partial charge is 0.251 e. The summed E-state index contributed by atoms with van der Waals surface area (Å²) in [5.41, 5.74) is 1.36. The lowest BCUT2D eigenvalue weighted by Crippen LogP contribution is -2.22. The number of hydrogen-bond acceptors (Lipinski definition) is 2. The van der Waals surface area contributed by atoms with Crippen molar-refractivity contribution < 1.29 is 9.21 Å². The lowest BCUT2D eigenvalue weighted by molar-refractivity contribution is 0.0948. The number of carbonyl (C=O) groups excluding carboxylic acids is 1. The van der Waals surface area contributed by atoms with Gasteiger partial charge in [-0.05, 0) is 54.6 Å². The van der Waals surface area contributed by atoms with Gasteiger partial charge in [0.2, 0.25) is 0 Å². The van der Waals surface area contributed by atoms with Gasteiger partial charge in [-0.3, -0.25) is 4.79 Å². The molecule has 0 atom stereocenters. The molecule has 122 valence electrons. The fraction of sp³-hybridized carbons (Fsp3) is 0.0556. The van der Waals surface area contributed by atoms with Crippen LogP contribution in [0, 0.1) is 0 Å². The molecule has 3 nitrogen and oxygen atoms in total. The standard InChI is InChI=1S/C18H12Cl3NO2/c19-13-4-1-11(2-5-13)17-8-6-14(24-17)10-22-18(23)12-3-7-15(20)16(21)9-12/h1-9H,10H2,(H,22,23). The molecule has 0 bridgehead atoms. The average molecular weight is 381 g/mol. The maximum atomic E-state index is 12.1. The van der Waals surface area contributed by atoms with Crippen molar-refractivity contribution in [2.45, 2.75) is 6.54 Å². The van der Waals surface area contributed by atoms with Gasteiger partial charge in [0, 0.05) is 16.1 Å². The Labute approximate surface area is 154 Å². The minimum Gasteiger partial charge on any atom is -0.459 e. The average Bonchev–Trinajstić information content (AvgIpc) is 3.05. The maximum Gasteiger partial charge on any atom is 0.251 e. The fourth-order valence-corrected chi connectivity index (χ4v) is 2.57. The van der Waals surface area contributed by atoms with Gasteiger partial charge < -0.3 is 9.73 Å². The van der Waals surface area contributed by atoms with E-state index in [1.807, 2.05) is 24.3 Å². The Morgan fingerprint density at radius 2 is 1.67 bits per heavy atom. The number of benzene rings is 2. The fourth-order valence-electron chi connectivity index (χ4n) is 2.15. The van der Waals surface area contributed by atoms with Gasteiger partial charge in [-0.1, -0.05) is 34.8 Å². The van der Waals surface area contributed by atoms with Gasteiger partial charge in [-0.2, -0.15) is 0 Å². The van der Waals surface area contributed by atoms with E-state index in [-0.39, 0.29) is 12.5 Å². The molecule has 2 aromatic carbocycles. The van der Waals surface area contributed by atoms with Crippen molar-refractivity contribution in [3.63, 3.8) is 0 Å². The van der Waals surface area contributed by atoms with E-state index >= 15 is 0 Å². The number of amides is 1. The molecule has 0 saturated carbocycles. The lowest BCUT2D eigenvalue weighted by atomic mass is 10.2. The highest BCUT2D eigenvalue weighted by atomic mass is 35.5. The summed E-state index contributed by atoms with van der Waals surface area (Å²) >= 11 is 17.6. The normalized spacial score (nSPS) is 10.6. The Kier molecular flexibility index (Phi) is 5.14. The van der Waals surface area contributed by atoms with Crippen LogP contribution in [0.3, 0.4) is 0 Å². The summed E-state index contributed by atoms with van der Waals surface area (Å²) in [5.74, 6) is 1.11. The van der Waals surface area contributed by atoms with Crippen LogP contribution in [0.25, 0.3) is 11.3 Å². The van der Waals surface area contributed by atoms with Crippen molar-refractivity contribution in [1.82, 2.24) is 5.32 Å². The first-order valence-corrected chi connectivity index (χ1v) is 8.24. The van der Waals surface area contributed by atoms with E-state index < -0.39 is 0 Å². The van der Waals surface area contributed by atoms with Crippen molar-refractivity contribution in [2.24, 2.45) is 0 Å². The van der Waals surface area contributed by atoms with E-state index in [0.717, 1.165) is 5.56 Å². The van der Waals surface area contributed by atoms with Crippen LogP contribution in [-0.4, -0.2) is 5.91 Å². The van der Waals surface area contributed by atoms with E-state index in [2.05, 4.69) is 5.32 Å². The predicted octanol–water partition coefficient (Wildman–Crippen LogP) is 5.84. The third-order valence-electron chi connectivity index (χ3n) is 3.40. The van der Waals surface area contributed by atoms with Crippen LogP contribution >= 0.6 is 34.8 Å². The van der Waals surface area contributed by atoms with Crippen LogP contribution in [0.4, 0.5) is 0 Å². The van der Waals surface area contributed by atoms with E-state index in [4.69, 9.17) is 39.2 Å². The minimum absolute atomic E-state index is 0.252. The molecule has 0 spiro atoms.